The van der Waals surface area contributed by atoms with Crippen LogP contribution in [0, 0.1) is 0 Å². The number of anilines is 2. The minimum atomic E-state index is 0. The monoisotopic (exact) mass is 396 g/mol. The summed E-state index contributed by atoms with van der Waals surface area (Å²) < 4.78 is 6.79. The van der Waals surface area contributed by atoms with Crippen molar-refractivity contribution in [2.75, 3.05) is 30.9 Å². The maximum Gasteiger partial charge on any atom is 0.226 e. The number of rotatable bonds is 8. The Bertz CT molecular complexity index is 854. The van der Waals surface area contributed by atoms with E-state index in [1.165, 1.54) is 0 Å². The summed E-state index contributed by atoms with van der Waals surface area (Å²) in [4.78, 5) is 9.12. The molecule has 0 amide bonds. The van der Waals surface area contributed by atoms with E-state index in [9.17, 15) is 0 Å². The van der Waals surface area contributed by atoms with Crippen molar-refractivity contribution in [3.8, 4) is 0 Å². The van der Waals surface area contributed by atoms with Crippen LogP contribution in [-0.2, 0) is 18.3 Å². The number of aromatic nitrogens is 4. The Balaban J connectivity index is 0.00000243. The van der Waals surface area contributed by atoms with Crippen LogP contribution in [0.25, 0.3) is 11.0 Å². The van der Waals surface area contributed by atoms with Gasteiger partial charge in [0.05, 0.1) is 11.6 Å². The zero-order valence-corrected chi connectivity index (χ0v) is 16.3. The number of nitrogens with one attached hydrogen (secondary N) is 2. The average molecular weight is 397 g/mol. The second-order valence-corrected chi connectivity index (χ2v) is 6.03. The lowest BCUT2D eigenvalue weighted by Crippen LogP contribution is -2.10. The van der Waals surface area contributed by atoms with E-state index in [2.05, 4.69) is 25.7 Å². The lowest BCUT2D eigenvalue weighted by molar-refractivity contribution is 0.197. The second kappa shape index (κ2) is 9.56. The average Bonchev–Trinajstić information content (AvgIpc) is 2.99. The molecular weight excluding hydrogens is 375 g/mol. The van der Waals surface area contributed by atoms with Gasteiger partial charge in [0.2, 0.25) is 5.95 Å². The summed E-state index contributed by atoms with van der Waals surface area (Å²) in [5, 5.41) is 12.5. The Kier molecular flexibility index (Phi) is 7.44. The summed E-state index contributed by atoms with van der Waals surface area (Å²) in [5.74, 6) is 1.29. The summed E-state index contributed by atoms with van der Waals surface area (Å²) in [7, 11) is 3.55. The van der Waals surface area contributed by atoms with Gasteiger partial charge in [0.15, 0.2) is 5.65 Å². The standard InChI is InChI=1S/C17H21ClN6O.ClH/c1-24-16-13(11-21-24)15(20-10-12-6-3-4-7-14(12)18)22-17(23-16)19-8-5-9-25-2;/h3-4,6-7,11H,5,8-10H2,1-2H3,(H2,19,20,22,23);1H. The van der Waals surface area contributed by atoms with Crippen molar-refractivity contribution in [3.05, 3.63) is 41.0 Å². The fourth-order valence-corrected chi connectivity index (χ4v) is 2.68. The van der Waals surface area contributed by atoms with E-state index in [0.717, 1.165) is 40.4 Å². The first kappa shape index (κ1) is 20.2. The van der Waals surface area contributed by atoms with Crippen molar-refractivity contribution in [3.63, 3.8) is 0 Å². The first-order chi connectivity index (χ1) is 12.2. The first-order valence-electron chi connectivity index (χ1n) is 8.09. The predicted octanol–water partition coefficient (Wildman–Crippen LogP) is 3.50. The summed E-state index contributed by atoms with van der Waals surface area (Å²) >= 11 is 6.23. The van der Waals surface area contributed by atoms with Crippen molar-refractivity contribution in [1.82, 2.24) is 19.7 Å². The molecule has 0 radical (unpaired) electrons. The number of hydrogen-bond acceptors (Lipinski definition) is 6. The van der Waals surface area contributed by atoms with E-state index in [0.29, 0.717) is 19.1 Å². The lowest BCUT2D eigenvalue weighted by Gasteiger charge is -2.11. The molecule has 0 saturated heterocycles. The second-order valence-electron chi connectivity index (χ2n) is 5.62. The van der Waals surface area contributed by atoms with E-state index in [-0.39, 0.29) is 12.4 Å². The molecule has 0 aliphatic heterocycles. The van der Waals surface area contributed by atoms with Gasteiger partial charge >= 0.3 is 0 Å². The van der Waals surface area contributed by atoms with Gasteiger partial charge in [-0.25, -0.2) is 0 Å². The van der Waals surface area contributed by atoms with E-state index in [1.54, 1.807) is 18.0 Å². The van der Waals surface area contributed by atoms with E-state index < -0.39 is 0 Å². The molecule has 3 aromatic rings. The van der Waals surface area contributed by atoms with Crippen LogP contribution in [0.2, 0.25) is 5.02 Å². The summed E-state index contributed by atoms with van der Waals surface area (Å²) in [6.45, 7) is 2.00. The SMILES string of the molecule is COCCCNc1nc(NCc2ccccc2Cl)c2cnn(C)c2n1.Cl. The number of halogens is 2. The minimum absolute atomic E-state index is 0. The molecular formula is C17H22Cl2N6O. The van der Waals surface area contributed by atoms with Crippen molar-refractivity contribution in [2.24, 2.45) is 7.05 Å². The van der Waals surface area contributed by atoms with Crippen LogP contribution in [0.3, 0.4) is 0 Å². The van der Waals surface area contributed by atoms with Crippen molar-refractivity contribution in [1.29, 1.82) is 0 Å². The molecule has 2 N–H and O–H groups in total. The molecule has 0 spiro atoms. The summed E-state index contributed by atoms with van der Waals surface area (Å²) in [5.41, 5.74) is 1.78. The third-order valence-corrected chi connectivity index (χ3v) is 4.17. The van der Waals surface area contributed by atoms with E-state index in [1.807, 2.05) is 31.3 Å². The fourth-order valence-electron chi connectivity index (χ4n) is 2.47. The Morgan fingerprint density at radius 1 is 1.19 bits per heavy atom. The molecule has 3 rings (SSSR count). The first-order valence-corrected chi connectivity index (χ1v) is 8.46. The highest BCUT2D eigenvalue weighted by Crippen LogP contribution is 2.23. The van der Waals surface area contributed by atoms with Crippen molar-refractivity contribution in [2.45, 2.75) is 13.0 Å². The summed E-state index contributed by atoms with van der Waals surface area (Å²) in [6.07, 6.45) is 2.64. The van der Waals surface area contributed by atoms with Gasteiger partial charge in [-0.1, -0.05) is 29.8 Å². The number of hydrogen-bond donors (Lipinski definition) is 2. The molecule has 0 atom stereocenters. The van der Waals surface area contributed by atoms with E-state index >= 15 is 0 Å². The molecule has 2 heterocycles. The maximum atomic E-state index is 6.23. The topological polar surface area (TPSA) is 76.9 Å². The molecule has 1 aromatic carbocycles. The Morgan fingerprint density at radius 3 is 2.77 bits per heavy atom. The van der Waals surface area contributed by atoms with Crippen LogP contribution in [-0.4, -0.2) is 40.0 Å². The molecule has 26 heavy (non-hydrogen) atoms. The van der Waals surface area contributed by atoms with Gasteiger partial charge in [-0.05, 0) is 18.1 Å². The van der Waals surface area contributed by atoms with Crippen LogP contribution in [0.4, 0.5) is 11.8 Å². The Hall–Kier alpha value is -2.09. The number of ether oxygens (including phenoxy) is 1. The molecule has 0 unspecified atom stereocenters. The molecule has 0 saturated carbocycles. The largest absolute Gasteiger partial charge is 0.385 e. The molecule has 0 aliphatic carbocycles. The summed E-state index contributed by atoms with van der Waals surface area (Å²) in [6, 6.07) is 7.74. The van der Waals surface area contributed by atoms with Gasteiger partial charge in [0.25, 0.3) is 0 Å². The molecule has 2 aromatic heterocycles. The number of methoxy groups -OCH3 is 1. The third-order valence-electron chi connectivity index (χ3n) is 3.80. The Morgan fingerprint density at radius 2 is 2.00 bits per heavy atom. The lowest BCUT2D eigenvalue weighted by atomic mass is 10.2. The molecule has 7 nitrogen and oxygen atoms in total. The van der Waals surface area contributed by atoms with Crippen LogP contribution >= 0.6 is 24.0 Å². The fraction of sp³-hybridized carbons (Fsp3) is 0.353. The minimum Gasteiger partial charge on any atom is -0.385 e. The Labute approximate surface area is 163 Å². The maximum absolute atomic E-state index is 6.23. The predicted molar refractivity (Wildman–Crippen MR) is 107 cm³/mol. The van der Waals surface area contributed by atoms with Crippen LogP contribution in [0.15, 0.2) is 30.5 Å². The number of benzene rings is 1. The molecule has 9 heteroatoms. The zero-order chi connectivity index (χ0) is 17.6. The molecule has 0 fully saturated rings. The van der Waals surface area contributed by atoms with Crippen LogP contribution in [0.1, 0.15) is 12.0 Å². The van der Waals surface area contributed by atoms with E-state index in [4.69, 9.17) is 16.3 Å². The van der Waals surface area contributed by atoms with Gasteiger partial charge in [-0.2, -0.15) is 15.1 Å². The van der Waals surface area contributed by atoms with Gasteiger partial charge in [-0.3, -0.25) is 4.68 Å². The van der Waals surface area contributed by atoms with Gasteiger partial charge in [0, 0.05) is 38.9 Å². The van der Waals surface area contributed by atoms with Crippen LogP contribution in [0.5, 0.6) is 0 Å². The van der Waals surface area contributed by atoms with Gasteiger partial charge < -0.3 is 15.4 Å². The van der Waals surface area contributed by atoms with Gasteiger partial charge in [0.1, 0.15) is 5.82 Å². The third kappa shape index (κ3) is 4.75. The van der Waals surface area contributed by atoms with Crippen LogP contribution < -0.4 is 10.6 Å². The quantitative estimate of drug-likeness (QED) is 0.567. The van der Waals surface area contributed by atoms with Crippen molar-refractivity contribution < 1.29 is 4.74 Å². The smallest absolute Gasteiger partial charge is 0.226 e. The normalized spacial score (nSPS) is 10.6. The molecule has 140 valence electrons. The van der Waals surface area contributed by atoms with Gasteiger partial charge in [-0.15, -0.1) is 12.4 Å². The number of aryl methyl sites for hydroxylation is 1. The highest BCUT2D eigenvalue weighted by atomic mass is 35.5. The number of nitrogens with zero attached hydrogens (tertiary/aromatic N) is 4. The molecule has 0 bridgehead atoms. The van der Waals surface area contributed by atoms with Crippen molar-refractivity contribution >= 4 is 46.8 Å². The molecule has 0 aliphatic rings. The highest BCUT2D eigenvalue weighted by molar-refractivity contribution is 6.31. The highest BCUT2D eigenvalue weighted by Gasteiger charge is 2.12. The zero-order valence-electron chi connectivity index (χ0n) is 14.7. The number of fused-ring (bicyclic) bond motifs is 1.